The summed E-state index contributed by atoms with van der Waals surface area (Å²) in [7, 11) is 3.65. The van der Waals surface area contributed by atoms with E-state index in [9.17, 15) is 4.39 Å². The van der Waals surface area contributed by atoms with Gasteiger partial charge in [-0.1, -0.05) is 19.3 Å². The number of hydrogen-bond donors (Lipinski definition) is 1. The Hall–Kier alpha value is -1.09. The van der Waals surface area contributed by atoms with Crippen LogP contribution in [-0.4, -0.2) is 20.2 Å². The Morgan fingerprint density at radius 2 is 2.00 bits per heavy atom. The molecule has 0 bridgehead atoms. The van der Waals surface area contributed by atoms with E-state index in [0.29, 0.717) is 12.0 Å². The van der Waals surface area contributed by atoms with Gasteiger partial charge in [-0.15, -0.1) is 0 Å². The van der Waals surface area contributed by atoms with Crippen molar-refractivity contribution in [3.8, 4) is 5.75 Å². The van der Waals surface area contributed by atoms with Crippen LogP contribution >= 0.6 is 0 Å². The van der Waals surface area contributed by atoms with Crippen molar-refractivity contribution in [1.29, 1.82) is 0 Å². The minimum atomic E-state index is -0.176. The number of ether oxygens (including phenoxy) is 1. The summed E-state index contributed by atoms with van der Waals surface area (Å²) in [6, 6.07) is 5.26. The van der Waals surface area contributed by atoms with Crippen molar-refractivity contribution in [2.24, 2.45) is 0 Å². The first kappa shape index (κ1) is 13.3. The van der Waals surface area contributed by atoms with Crippen molar-refractivity contribution in [2.75, 3.05) is 14.2 Å². The average molecular weight is 251 g/mol. The highest BCUT2D eigenvalue weighted by atomic mass is 19.1. The second-order valence-electron chi connectivity index (χ2n) is 5.03. The maximum Gasteiger partial charge on any atom is 0.123 e. The molecule has 1 aliphatic carbocycles. The Morgan fingerprint density at radius 1 is 1.22 bits per heavy atom. The van der Waals surface area contributed by atoms with Crippen LogP contribution in [0.25, 0.3) is 0 Å². The van der Waals surface area contributed by atoms with Crippen molar-refractivity contribution in [2.45, 2.75) is 44.1 Å². The largest absolute Gasteiger partial charge is 0.496 e. The van der Waals surface area contributed by atoms with Crippen molar-refractivity contribution < 1.29 is 9.13 Å². The third kappa shape index (κ3) is 2.83. The molecular weight excluding hydrogens is 229 g/mol. The molecule has 0 amide bonds. The first-order valence-corrected chi connectivity index (χ1v) is 6.77. The van der Waals surface area contributed by atoms with Gasteiger partial charge in [-0.3, -0.25) is 0 Å². The minimum Gasteiger partial charge on any atom is -0.496 e. The fourth-order valence-electron chi connectivity index (χ4n) is 3.02. The molecule has 0 heterocycles. The number of halogens is 1. The first-order valence-electron chi connectivity index (χ1n) is 6.77. The molecule has 18 heavy (non-hydrogen) atoms. The van der Waals surface area contributed by atoms with Gasteiger partial charge in [0.2, 0.25) is 0 Å². The molecule has 0 spiro atoms. The second-order valence-corrected chi connectivity index (χ2v) is 5.03. The van der Waals surface area contributed by atoms with E-state index in [1.54, 1.807) is 19.2 Å². The number of rotatable bonds is 3. The van der Waals surface area contributed by atoms with E-state index in [2.05, 4.69) is 5.32 Å². The molecule has 1 N–H and O–H groups in total. The summed E-state index contributed by atoms with van der Waals surface area (Å²) in [5.74, 6) is 0.983. The highest BCUT2D eigenvalue weighted by Gasteiger charge is 2.26. The highest BCUT2D eigenvalue weighted by Crippen LogP contribution is 2.37. The van der Waals surface area contributed by atoms with Gasteiger partial charge in [0.05, 0.1) is 7.11 Å². The van der Waals surface area contributed by atoms with E-state index in [1.807, 2.05) is 7.05 Å². The van der Waals surface area contributed by atoms with Crippen LogP contribution in [0.1, 0.15) is 43.6 Å². The van der Waals surface area contributed by atoms with Crippen LogP contribution in [0.15, 0.2) is 18.2 Å². The summed E-state index contributed by atoms with van der Waals surface area (Å²) in [5.41, 5.74) is 1.01. The summed E-state index contributed by atoms with van der Waals surface area (Å²) >= 11 is 0. The average Bonchev–Trinajstić information content (AvgIpc) is 2.63. The van der Waals surface area contributed by atoms with Gasteiger partial charge < -0.3 is 10.1 Å². The standard InChI is InChI=1S/C15H22FNO/c1-17-14-7-5-3-4-6-12(14)13-10-11(16)8-9-15(13)18-2/h8-10,12,14,17H,3-7H2,1-2H3. The fourth-order valence-corrected chi connectivity index (χ4v) is 3.02. The molecular formula is C15H22FNO. The molecule has 3 heteroatoms. The lowest BCUT2D eigenvalue weighted by Crippen LogP contribution is -2.31. The number of hydrogen-bond acceptors (Lipinski definition) is 2. The van der Waals surface area contributed by atoms with E-state index >= 15 is 0 Å². The molecule has 2 atom stereocenters. The molecule has 2 rings (SSSR count). The lowest BCUT2D eigenvalue weighted by molar-refractivity contribution is 0.383. The summed E-state index contributed by atoms with van der Waals surface area (Å²) in [6.45, 7) is 0. The van der Waals surface area contributed by atoms with Crippen LogP contribution in [0.3, 0.4) is 0 Å². The molecule has 2 unspecified atom stereocenters. The van der Waals surface area contributed by atoms with Crippen LogP contribution in [0.5, 0.6) is 5.75 Å². The van der Waals surface area contributed by atoms with E-state index in [1.165, 1.54) is 25.3 Å². The van der Waals surface area contributed by atoms with E-state index in [-0.39, 0.29) is 5.82 Å². The number of benzene rings is 1. The van der Waals surface area contributed by atoms with Gasteiger partial charge in [-0.25, -0.2) is 4.39 Å². The maximum atomic E-state index is 13.5. The maximum absolute atomic E-state index is 13.5. The molecule has 0 aliphatic heterocycles. The molecule has 0 aromatic heterocycles. The van der Waals surface area contributed by atoms with Crippen molar-refractivity contribution in [1.82, 2.24) is 5.32 Å². The zero-order chi connectivity index (χ0) is 13.0. The van der Waals surface area contributed by atoms with Crippen LogP contribution in [-0.2, 0) is 0 Å². The summed E-state index contributed by atoms with van der Waals surface area (Å²) in [4.78, 5) is 0. The molecule has 2 nitrogen and oxygen atoms in total. The lowest BCUT2D eigenvalue weighted by Gasteiger charge is -2.26. The quantitative estimate of drug-likeness (QED) is 0.831. The van der Waals surface area contributed by atoms with E-state index in [0.717, 1.165) is 24.2 Å². The Bertz CT molecular complexity index is 394. The van der Waals surface area contributed by atoms with Crippen molar-refractivity contribution >= 4 is 0 Å². The zero-order valence-electron chi connectivity index (χ0n) is 11.2. The number of likely N-dealkylation sites (N-methyl/N-ethyl adjacent to an activating group) is 1. The van der Waals surface area contributed by atoms with Gasteiger partial charge in [0, 0.05) is 17.5 Å². The molecule has 0 radical (unpaired) electrons. The monoisotopic (exact) mass is 251 g/mol. The zero-order valence-corrected chi connectivity index (χ0v) is 11.2. The fraction of sp³-hybridized carbons (Fsp3) is 0.600. The third-order valence-corrected chi connectivity index (χ3v) is 3.98. The normalized spacial score (nSPS) is 24.6. The lowest BCUT2D eigenvalue weighted by atomic mass is 9.87. The molecule has 1 aliphatic rings. The van der Waals surface area contributed by atoms with Gasteiger partial charge in [0.25, 0.3) is 0 Å². The SMILES string of the molecule is CNC1CCCCCC1c1cc(F)ccc1OC. The predicted molar refractivity (Wildman–Crippen MR) is 71.6 cm³/mol. The summed E-state index contributed by atoms with van der Waals surface area (Å²) < 4.78 is 18.9. The van der Waals surface area contributed by atoms with Gasteiger partial charge >= 0.3 is 0 Å². The Morgan fingerprint density at radius 3 is 2.72 bits per heavy atom. The molecule has 1 aromatic carbocycles. The van der Waals surface area contributed by atoms with Crippen LogP contribution < -0.4 is 10.1 Å². The minimum absolute atomic E-state index is 0.176. The van der Waals surface area contributed by atoms with Crippen LogP contribution in [0, 0.1) is 5.82 Å². The number of nitrogens with one attached hydrogen (secondary N) is 1. The summed E-state index contributed by atoms with van der Waals surface area (Å²) in [5, 5.41) is 3.39. The second kappa shape index (κ2) is 6.19. The molecule has 1 fully saturated rings. The molecule has 1 saturated carbocycles. The Labute approximate surface area is 109 Å². The topological polar surface area (TPSA) is 21.3 Å². The van der Waals surface area contributed by atoms with Gasteiger partial charge in [-0.2, -0.15) is 0 Å². The van der Waals surface area contributed by atoms with Gasteiger partial charge in [0.1, 0.15) is 11.6 Å². The third-order valence-electron chi connectivity index (χ3n) is 3.98. The highest BCUT2D eigenvalue weighted by molar-refractivity contribution is 5.38. The number of methoxy groups -OCH3 is 1. The van der Waals surface area contributed by atoms with E-state index < -0.39 is 0 Å². The Balaban J connectivity index is 2.34. The molecule has 0 saturated heterocycles. The van der Waals surface area contributed by atoms with Crippen molar-refractivity contribution in [3.05, 3.63) is 29.6 Å². The van der Waals surface area contributed by atoms with Crippen LogP contribution in [0.4, 0.5) is 4.39 Å². The Kier molecular flexibility index (Phi) is 4.59. The van der Waals surface area contributed by atoms with E-state index in [4.69, 9.17) is 4.74 Å². The van der Waals surface area contributed by atoms with Gasteiger partial charge in [0.15, 0.2) is 0 Å². The predicted octanol–water partition coefficient (Wildman–Crippen LogP) is 3.47. The summed E-state index contributed by atoms with van der Waals surface area (Å²) in [6.07, 6.45) is 5.99. The smallest absolute Gasteiger partial charge is 0.123 e. The molecule has 1 aromatic rings. The first-order chi connectivity index (χ1) is 8.76. The van der Waals surface area contributed by atoms with Crippen LogP contribution in [0.2, 0.25) is 0 Å². The van der Waals surface area contributed by atoms with Gasteiger partial charge in [-0.05, 0) is 38.1 Å². The molecule has 100 valence electrons. The van der Waals surface area contributed by atoms with Crippen molar-refractivity contribution in [3.63, 3.8) is 0 Å².